The van der Waals surface area contributed by atoms with Crippen LogP contribution in [0.2, 0.25) is 0 Å². The van der Waals surface area contributed by atoms with E-state index >= 15 is 0 Å². The summed E-state index contributed by atoms with van der Waals surface area (Å²) in [5.74, 6) is -0.296. The summed E-state index contributed by atoms with van der Waals surface area (Å²) in [5.41, 5.74) is -0.774. The molecule has 2 aliphatic rings. The summed E-state index contributed by atoms with van der Waals surface area (Å²) in [4.78, 5) is 12.9. The fraction of sp³-hybridized carbons (Fsp3) is 0.483. The van der Waals surface area contributed by atoms with Crippen LogP contribution in [0, 0.1) is 5.82 Å². The third-order valence-electron chi connectivity index (χ3n) is 8.28. The lowest BCUT2D eigenvalue weighted by atomic mass is 9.88. The van der Waals surface area contributed by atoms with Gasteiger partial charge in [-0.3, -0.25) is 4.79 Å². The van der Waals surface area contributed by atoms with Crippen LogP contribution in [0.3, 0.4) is 0 Å². The van der Waals surface area contributed by atoms with Crippen LogP contribution in [0.5, 0.6) is 5.75 Å². The molecule has 2 fully saturated rings. The zero-order valence-electron chi connectivity index (χ0n) is 24.5. The number of aryl methyl sites for hydroxylation is 1. The van der Waals surface area contributed by atoms with Crippen LogP contribution in [0.1, 0.15) is 26.2 Å². The zero-order valence-corrected chi connectivity index (χ0v) is 26.2. The van der Waals surface area contributed by atoms with Gasteiger partial charge in [0.15, 0.2) is 0 Å². The van der Waals surface area contributed by atoms with Crippen molar-refractivity contribution < 1.29 is 35.8 Å². The molecule has 3 heterocycles. The molecule has 0 aliphatic carbocycles. The molecule has 2 saturated heterocycles. The number of ether oxygens (including phenoxy) is 2. The van der Waals surface area contributed by atoms with Crippen LogP contribution in [0.4, 0.5) is 4.39 Å². The van der Waals surface area contributed by atoms with E-state index in [0.29, 0.717) is 43.7 Å². The number of sulfonamides is 2. The Bertz CT molecular complexity index is 1790. The fourth-order valence-electron chi connectivity index (χ4n) is 5.79. The minimum Gasteiger partial charge on any atom is -0.491 e. The second kappa shape index (κ2) is 12.8. The molecule has 1 spiro atoms. The van der Waals surface area contributed by atoms with Crippen molar-refractivity contribution in [2.24, 2.45) is 0 Å². The van der Waals surface area contributed by atoms with E-state index in [1.807, 2.05) is 6.92 Å². The first-order valence-corrected chi connectivity index (χ1v) is 17.3. The molecule has 0 bridgehead atoms. The summed E-state index contributed by atoms with van der Waals surface area (Å²) in [5, 5.41) is 13.7. The molecule has 240 valence electrons. The number of fused-ring (bicyclic) bond motifs is 1. The van der Waals surface area contributed by atoms with Crippen molar-refractivity contribution in [3.8, 4) is 5.75 Å². The molecule has 0 amide bonds. The van der Waals surface area contributed by atoms with Gasteiger partial charge in [0.05, 0.1) is 22.6 Å². The van der Waals surface area contributed by atoms with E-state index in [9.17, 15) is 31.1 Å². The molecule has 3 aromatic rings. The fourth-order valence-corrected chi connectivity index (χ4v) is 8.10. The third-order valence-corrected chi connectivity index (χ3v) is 11.6. The van der Waals surface area contributed by atoms with Gasteiger partial charge in [-0.25, -0.2) is 25.9 Å². The normalized spacial score (nSPS) is 19.9. The van der Waals surface area contributed by atoms with Gasteiger partial charge < -0.3 is 24.5 Å². The van der Waals surface area contributed by atoms with E-state index in [4.69, 9.17) is 9.47 Å². The molecular formula is C29H37FN4O8S2. The lowest BCUT2D eigenvalue weighted by molar-refractivity contribution is -0.0312. The van der Waals surface area contributed by atoms with Gasteiger partial charge in [-0.2, -0.15) is 4.31 Å². The number of hydrogen-bond donors (Lipinski definition) is 3. The van der Waals surface area contributed by atoms with Crippen molar-refractivity contribution in [3.63, 3.8) is 0 Å². The van der Waals surface area contributed by atoms with Crippen LogP contribution in [-0.2, 0) is 31.3 Å². The van der Waals surface area contributed by atoms with Gasteiger partial charge in [0.25, 0.3) is 0 Å². The number of hydrogen-bond acceptors (Lipinski definition) is 9. The number of pyridine rings is 1. The summed E-state index contributed by atoms with van der Waals surface area (Å²) in [6.45, 7) is 3.11. The summed E-state index contributed by atoms with van der Waals surface area (Å²) in [7, 11) is -6.43. The van der Waals surface area contributed by atoms with E-state index in [0.717, 1.165) is 6.07 Å². The number of nitrogens with zero attached hydrogens (tertiary/aromatic N) is 2. The second-order valence-electron chi connectivity index (χ2n) is 11.1. The molecule has 12 nitrogen and oxygen atoms in total. The summed E-state index contributed by atoms with van der Waals surface area (Å²) in [6, 6.07) is 9.72. The smallest absolute Gasteiger partial charge is 0.248 e. The maximum absolute atomic E-state index is 13.9. The molecule has 0 saturated carbocycles. The highest BCUT2D eigenvalue weighted by atomic mass is 32.2. The van der Waals surface area contributed by atoms with Crippen LogP contribution >= 0.6 is 0 Å². The molecule has 0 radical (unpaired) electrons. The Labute approximate surface area is 255 Å². The lowest BCUT2D eigenvalue weighted by Gasteiger charge is -2.38. The molecule has 2 aliphatic heterocycles. The average Bonchev–Trinajstić information content (AvgIpc) is 3.41. The van der Waals surface area contributed by atoms with E-state index in [1.165, 1.54) is 41.8 Å². The molecule has 1 unspecified atom stereocenters. The molecule has 5 rings (SSSR count). The molecule has 15 heteroatoms. The average molecular weight is 653 g/mol. The highest BCUT2D eigenvalue weighted by Gasteiger charge is 2.45. The Morgan fingerprint density at radius 1 is 1.16 bits per heavy atom. The van der Waals surface area contributed by atoms with Gasteiger partial charge >= 0.3 is 0 Å². The number of rotatable bonds is 11. The first kappa shape index (κ1) is 32.5. The number of aromatic nitrogens is 1. The van der Waals surface area contributed by atoms with Crippen molar-refractivity contribution in [2.75, 3.05) is 39.9 Å². The van der Waals surface area contributed by atoms with Crippen LogP contribution in [-0.4, -0.2) is 88.5 Å². The highest BCUT2D eigenvalue weighted by molar-refractivity contribution is 7.89. The monoisotopic (exact) mass is 652 g/mol. The minimum atomic E-state index is -4.13. The van der Waals surface area contributed by atoms with E-state index < -0.39 is 43.0 Å². The van der Waals surface area contributed by atoms with Gasteiger partial charge in [0.1, 0.15) is 29.2 Å². The SMILES string of the molecule is CCn1cc(S(=O)(=O)N2CCC3(CC2)C[C@@H](NCC(O)COc2cccc(S(=O)(=O)NC)c2)CO3)c(=O)c2cc(F)ccc21. The van der Waals surface area contributed by atoms with E-state index in [2.05, 4.69) is 10.0 Å². The minimum absolute atomic E-state index is 0.0253. The Morgan fingerprint density at radius 2 is 1.91 bits per heavy atom. The number of piperidine rings is 1. The summed E-state index contributed by atoms with van der Waals surface area (Å²) >= 11 is 0. The molecule has 2 atom stereocenters. The first-order chi connectivity index (χ1) is 20.9. The number of aliphatic hydroxyl groups excluding tert-OH is 1. The Kier molecular flexibility index (Phi) is 9.47. The maximum atomic E-state index is 13.9. The van der Waals surface area contributed by atoms with Crippen LogP contribution < -0.4 is 20.2 Å². The van der Waals surface area contributed by atoms with Gasteiger partial charge in [0, 0.05) is 49.9 Å². The molecule has 3 N–H and O–H groups in total. The van der Waals surface area contributed by atoms with E-state index in [1.54, 1.807) is 16.7 Å². The Morgan fingerprint density at radius 3 is 2.61 bits per heavy atom. The summed E-state index contributed by atoms with van der Waals surface area (Å²) < 4.78 is 82.0. The largest absolute Gasteiger partial charge is 0.491 e. The summed E-state index contributed by atoms with van der Waals surface area (Å²) in [6.07, 6.45) is 1.96. The number of aliphatic hydroxyl groups is 1. The zero-order chi connectivity index (χ0) is 31.7. The third kappa shape index (κ3) is 6.68. The Balaban J connectivity index is 1.15. The predicted octanol–water partition coefficient (Wildman–Crippen LogP) is 1.41. The number of nitrogens with one attached hydrogen (secondary N) is 2. The standard InChI is InChI=1S/C29H37FN4O8S2/c1-3-33-17-27(28(36)25-13-20(30)7-8-26(25)33)44(39,40)34-11-9-29(10-12-34)15-21(18-42-29)32-16-22(35)19-41-23-5-4-6-24(14-23)43(37,38)31-2/h4-8,13-14,17,21-22,31-32,35H,3,9-12,15-16,18-19H2,1-2H3/t21-,22?/m1/s1. The topological polar surface area (TPSA) is 156 Å². The Hall–Kier alpha value is -2.92. The van der Waals surface area contributed by atoms with Crippen molar-refractivity contribution in [1.82, 2.24) is 18.9 Å². The first-order valence-electron chi connectivity index (χ1n) is 14.4. The second-order valence-corrected chi connectivity index (χ2v) is 14.9. The molecule has 1 aromatic heterocycles. The number of benzene rings is 2. The van der Waals surface area contributed by atoms with Crippen molar-refractivity contribution >= 4 is 30.9 Å². The highest BCUT2D eigenvalue weighted by Crippen LogP contribution is 2.37. The number of halogens is 1. The van der Waals surface area contributed by atoms with Gasteiger partial charge in [-0.05, 0) is 63.6 Å². The van der Waals surface area contributed by atoms with Crippen molar-refractivity contribution in [2.45, 2.75) is 60.3 Å². The van der Waals surface area contributed by atoms with Gasteiger partial charge in [-0.15, -0.1) is 0 Å². The van der Waals surface area contributed by atoms with Crippen LogP contribution in [0.15, 0.2) is 63.2 Å². The van der Waals surface area contributed by atoms with E-state index in [-0.39, 0.29) is 47.5 Å². The van der Waals surface area contributed by atoms with Gasteiger partial charge in [-0.1, -0.05) is 6.07 Å². The molecule has 44 heavy (non-hydrogen) atoms. The predicted molar refractivity (Wildman–Crippen MR) is 161 cm³/mol. The molecular weight excluding hydrogens is 615 g/mol. The van der Waals surface area contributed by atoms with Crippen molar-refractivity contribution in [1.29, 1.82) is 0 Å². The lowest BCUT2D eigenvalue weighted by Crippen LogP contribution is -2.47. The van der Waals surface area contributed by atoms with Crippen LogP contribution in [0.25, 0.3) is 10.9 Å². The quantitative estimate of drug-likeness (QED) is 0.279. The maximum Gasteiger partial charge on any atom is 0.248 e. The van der Waals surface area contributed by atoms with Crippen molar-refractivity contribution in [3.05, 3.63) is 64.7 Å². The van der Waals surface area contributed by atoms with Gasteiger partial charge in [0.2, 0.25) is 25.5 Å². The molecule has 2 aromatic carbocycles.